The molecule has 1 N–H and O–H groups in total. The second-order valence-corrected chi connectivity index (χ2v) is 7.07. The number of benzene rings is 3. The zero-order valence-corrected chi connectivity index (χ0v) is 17.3. The minimum atomic E-state index is -0.711. The van der Waals surface area contributed by atoms with Gasteiger partial charge >= 0.3 is 0 Å². The van der Waals surface area contributed by atoms with Gasteiger partial charge in [-0.2, -0.15) is 0 Å². The fourth-order valence-electron chi connectivity index (χ4n) is 3.26. The molecular formula is C25H25FN2O3. The summed E-state index contributed by atoms with van der Waals surface area (Å²) in [6.07, 6.45) is 0.371. The lowest BCUT2D eigenvalue weighted by atomic mass is 10.0. The number of nitrogens with zero attached hydrogens (tertiary/aromatic N) is 1. The summed E-state index contributed by atoms with van der Waals surface area (Å²) < 4.78 is 18.7. The lowest BCUT2D eigenvalue weighted by Gasteiger charge is -2.31. The highest BCUT2D eigenvalue weighted by atomic mass is 19.1. The van der Waals surface area contributed by atoms with Gasteiger partial charge in [0.25, 0.3) is 5.91 Å². The van der Waals surface area contributed by atoms with Gasteiger partial charge < -0.3 is 15.0 Å². The number of hydrogen-bond acceptors (Lipinski definition) is 3. The Labute approximate surface area is 181 Å². The molecule has 2 amide bonds. The fourth-order valence-corrected chi connectivity index (χ4v) is 3.26. The van der Waals surface area contributed by atoms with Crippen molar-refractivity contribution in [2.75, 3.05) is 13.7 Å². The maximum Gasteiger partial charge on any atom is 0.261 e. The normalized spacial score (nSPS) is 11.4. The van der Waals surface area contributed by atoms with Crippen LogP contribution in [0.5, 0.6) is 5.75 Å². The van der Waals surface area contributed by atoms with Gasteiger partial charge in [-0.1, -0.05) is 60.7 Å². The second-order valence-electron chi connectivity index (χ2n) is 7.07. The van der Waals surface area contributed by atoms with E-state index >= 15 is 0 Å². The first-order valence-corrected chi connectivity index (χ1v) is 10.0. The maximum atomic E-state index is 13.2. The first kappa shape index (κ1) is 22.0. The Morgan fingerprint density at radius 3 is 2.06 bits per heavy atom. The molecule has 0 aromatic heterocycles. The minimum Gasteiger partial charge on any atom is -0.484 e. The summed E-state index contributed by atoms with van der Waals surface area (Å²) in [5.74, 6) is -0.589. The number of carbonyl (C=O) groups excluding carboxylic acids is 2. The number of nitrogens with one attached hydrogen (secondary N) is 1. The van der Waals surface area contributed by atoms with Crippen LogP contribution in [0.2, 0.25) is 0 Å². The van der Waals surface area contributed by atoms with Gasteiger partial charge in [0.1, 0.15) is 17.6 Å². The largest absolute Gasteiger partial charge is 0.484 e. The third kappa shape index (κ3) is 6.40. The Kier molecular flexibility index (Phi) is 7.76. The van der Waals surface area contributed by atoms with Gasteiger partial charge in [0, 0.05) is 20.0 Å². The summed E-state index contributed by atoms with van der Waals surface area (Å²) >= 11 is 0. The van der Waals surface area contributed by atoms with Crippen molar-refractivity contribution in [1.29, 1.82) is 0 Å². The summed E-state index contributed by atoms with van der Waals surface area (Å²) in [6.45, 7) is -0.00186. The molecule has 0 bridgehead atoms. The van der Waals surface area contributed by atoms with E-state index < -0.39 is 6.04 Å². The molecule has 0 fully saturated rings. The molecule has 1 atom stereocenters. The molecule has 0 unspecified atom stereocenters. The average Bonchev–Trinajstić information content (AvgIpc) is 2.81. The molecule has 0 radical (unpaired) electrons. The van der Waals surface area contributed by atoms with Crippen molar-refractivity contribution in [3.8, 4) is 5.75 Å². The number of amides is 2. The van der Waals surface area contributed by atoms with E-state index in [-0.39, 0.29) is 30.8 Å². The standard InChI is InChI=1S/C25H25FN2O3/c1-27-25(30)23(16-19-8-4-2-5-9-19)28(17-20-10-6-3-7-11-20)24(29)18-31-22-14-12-21(26)13-15-22/h2-15,23H,16-18H2,1H3,(H,27,30)/t23-/m1/s1. The van der Waals surface area contributed by atoms with E-state index in [1.165, 1.54) is 29.2 Å². The molecule has 0 heterocycles. The molecule has 5 nitrogen and oxygen atoms in total. The molecule has 0 saturated carbocycles. The molecule has 0 aliphatic heterocycles. The van der Waals surface area contributed by atoms with E-state index in [2.05, 4.69) is 5.32 Å². The lowest BCUT2D eigenvalue weighted by molar-refractivity contribution is -0.142. The molecular weight excluding hydrogens is 395 g/mol. The second kappa shape index (κ2) is 10.9. The number of ether oxygens (including phenoxy) is 1. The topological polar surface area (TPSA) is 58.6 Å². The third-order valence-electron chi connectivity index (χ3n) is 4.89. The predicted molar refractivity (Wildman–Crippen MR) is 117 cm³/mol. The van der Waals surface area contributed by atoms with Crippen LogP contribution in [-0.4, -0.2) is 36.4 Å². The summed E-state index contributed by atoms with van der Waals surface area (Å²) in [7, 11) is 1.56. The zero-order valence-electron chi connectivity index (χ0n) is 17.3. The maximum absolute atomic E-state index is 13.2. The van der Waals surface area contributed by atoms with Crippen molar-refractivity contribution in [2.45, 2.75) is 19.0 Å². The van der Waals surface area contributed by atoms with Crippen LogP contribution in [0.4, 0.5) is 4.39 Å². The zero-order chi connectivity index (χ0) is 22.1. The molecule has 31 heavy (non-hydrogen) atoms. The van der Waals surface area contributed by atoms with Crippen LogP contribution in [0.15, 0.2) is 84.9 Å². The van der Waals surface area contributed by atoms with Gasteiger partial charge in [-0.25, -0.2) is 4.39 Å². The number of hydrogen-bond donors (Lipinski definition) is 1. The monoisotopic (exact) mass is 420 g/mol. The van der Waals surface area contributed by atoms with Gasteiger partial charge in [-0.3, -0.25) is 9.59 Å². The van der Waals surface area contributed by atoms with E-state index in [1.807, 2.05) is 60.7 Å². The van der Waals surface area contributed by atoms with Crippen LogP contribution in [0.25, 0.3) is 0 Å². The van der Waals surface area contributed by atoms with Crippen LogP contribution in [0, 0.1) is 5.82 Å². The fraction of sp³-hybridized carbons (Fsp3) is 0.200. The molecule has 160 valence electrons. The molecule has 3 rings (SSSR count). The summed E-state index contributed by atoms with van der Waals surface area (Å²) in [5.41, 5.74) is 1.85. The van der Waals surface area contributed by atoms with Crippen LogP contribution in [0.3, 0.4) is 0 Å². The van der Waals surface area contributed by atoms with E-state index in [1.54, 1.807) is 7.05 Å². The Morgan fingerprint density at radius 1 is 0.903 bits per heavy atom. The lowest BCUT2D eigenvalue weighted by Crippen LogP contribution is -2.51. The number of halogens is 1. The summed E-state index contributed by atoms with van der Waals surface area (Å²) in [6, 6.07) is 23.8. The van der Waals surface area contributed by atoms with Crippen LogP contribution < -0.4 is 10.1 Å². The average molecular weight is 420 g/mol. The Bertz CT molecular complexity index is 979. The highest BCUT2D eigenvalue weighted by molar-refractivity contribution is 5.88. The quantitative estimate of drug-likeness (QED) is 0.576. The number of carbonyl (C=O) groups is 2. The molecule has 0 spiro atoms. The van der Waals surface area contributed by atoms with Crippen molar-refractivity contribution >= 4 is 11.8 Å². The van der Waals surface area contributed by atoms with E-state index in [4.69, 9.17) is 4.74 Å². The molecule has 0 aliphatic carbocycles. The number of likely N-dealkylation sites (N-methyl/N-ethyl adjacent to an activating group) is 1. The molecule has 0 aliphatic rings. The molecule has 6 heteroatoms. The third-order valence-corrected chi connectivity index (χ3v) is 4.89. The van der Waals surface area contributed by atoms with E-state index in [0.29, 0.717) is 12.2 Å². The summed E-state index contributed by atoms with van der Waals surface area (Å²) in [4.78, 5) is 27.5. The Hall–Kier alpha value is -3.67. The molecule has 3 aromatic carbocycles. The van der Waals surface area contributed by atoms with E-state index in [9.17, 15) is 14.0 Å². The molecule has 0 saturated heterocycles. The van der Waals surface area contributed by atoms with Gasteiger partial charge in [0.05, 0.1) is 0 Å². The van der Waals surface area contributed by atoms with E-state index in [0.717, 1.165) is 11.1 Å². The first-order valence-electron chi connectivity index (χ1n) is 10.0. The SMILES string of the molecule is CNC(=O)[C@@H](Cc1ccccc1)N(Cc1ccccc1)C(=O)COc1ccc(F)cc1. The van der Waals surface area contributed by atoms with Crippen molar-refractivity contribution in [3.63, 3.8) is 0 Å². The summed E-state index contributed by atoms with van der Waals surface area (Å²) in [5, 5.41) is 2.67. The predicted octanol–water partition coefficient (Wildman–Crippen LogP) is 3.59. The van der Waals surface area contributed by atoms with Crippen LogP contribution in [0.1, 0.15) is 11.1 Å². The van der Waals surface area contributed by atoms with Gasteiger partial charge in [-0.15, -0.1) is 0 Å². The smallest absolute Gasteiger partial charge is 0.261 e. The highest BCUT2D eigenvalue weighted by Crippen LogP contribution is 2.16. The van der Waals surface area contributed by atoms with Gasteiger partial charge in [0.15, 0.2) is 6.61 Å². The van der Waals surface area contributed by atoms with Crippen molar-refractivity contribution in [2.24, 2.45) is 0 Å². The van der Waals surface area contributed by atoms with Gasteiger partial charge in [-0.05, 0) is 35.4 Å². The number of rotatable bonds is 9. The first-order chi connectivity index (χ1) is 15.1. The van der Waals surface area contributed by atoms with Gasteiger partial charge in [0.2, 0.25) is 5.91 Å². The minimum absolute atomic E-state index is 0.255. The van der Waals surface area contributed by atoms with Crippen LogP contribution >= 0.6 is 0 Å². The highest BCUT2D eigenvalue weighted by Gasteiger charge is 2.30. The Morgan fingerprint density at radius 2 is 1.48 bits per heavy atom. The molecule has 3 aromatic rings. The van der Waals surface area contributed by atoms with Crippen molar-refractivity contribution in [1.82, 2.24) is 10.2 Å². The van der Waals surface area contributed by atoms with Crippen molar-refractivity contribution in [3.05, 3.63) is 102 Å². The van der Waals surface area contributed by atoms with Crippen molar-refractivity contribution < 1.29 is 18.7 Å². The van der Waals surface area contributed by atoms with Crippen LogP contribution in [-0.2, 0) is 22.6 Å². The Balaban J connectivity index is 1.83.